The van der Waals surface area contributed by atoms with E-state index >= 15 is 0 Å². The number of aliphatic hydroxyl groups is 1. The molecule has 0 bridgehead atoms. The van der Waals surface area contributed by atoms with Gasteiger partial charge in [-0.2, -0.15) is 9.97 Å². The minimum atomic E-state index is -4.89. The summed E-state index contributed by atoms with van der Waals surface area (Å²) in [4.78, 5) is 31.1. The van der Waals surface area contributed by atoms with Crippen LogP contribution in [0.4, 0.5) is 11.8 Å². The van der Waals surface area contributed by atoms with Crippen molar-refractivity contribution in [1.29, 1.82) is 0 Å². The van der Waals surface area contributed by atoms with E-state index in [0.717, 1.165) is 0 Å². The third-order valence-corrected chi connectivity index (χ3v) is 3.86. The second-order valence-electron chi connectivity index (χ2n) is 4.99. The van der Waals surface area contributed by atoms with E-state index < -0.39 is 32.9 Å². The van der Waals surface area contributed by atoms with Gasteiger partial charge in [0.1, 0.15) is 17.8 Å². The highest BCUT2D eigenvalue weighted by Crippen LogP contribution is 2.35. The Morgan fingerprint density at radius 1 is 1.52 bits per heavy atom. The lowest BCUT2D eigenvalue weighted by atomic mass is 10.2. The highest BCUT2D eigenvalue weighted by atomic mass is 31.2. The maximum Gasteiger partial charge on any atom is 0.265 e. The minimum Gasteiger partial charge on any atom is -0.756 e. The summed E-state index contributed by atoms with van der Waals surface area (Å²) in [7, 11) is -4.89. The van der Waals surface area contributed by atoms with Crippen molar-refractivity contribution in [2.75, 3.05) is 18.1 Å². The molecule has 1 aliphatic heterocycles. The third-order valence-electron chi connectivity index (χ3n) is 3.38. The molecule has 12 nitrogen and oxygen atoms in total. The molecular formula is C10H14N6O6P-. The summed E-state index contributed by atoms with van der Waals surface area (Å²) in [6.07, 6.45) is -1.08. The number of phosphoric ester groups is 1. The van der Waals surface area contributed by atoms with E-state index in [1.54, 1.807) is 0 Å². The van der Waals surface area contributed by atoms with Crippen LogP contribution in [0, 0.1) is 0 Å². The van der Waals surface area contributed by atoms with Crippen LogP contribution in [-0.2, 0) is 13.8 Å². The van der Waals surface area contributed by atoms with Crippen LogP contribution < -0.4 is 16.4 Å². The second-order valence-corrected chi connectivity index (χ2v) is 6.18. The number of imidazole rings is 1. The molecule has 3 rings (SSSR count). The molecule has 1 fully saturated rings. The lowest BCUT2D eigenvalue weighted by Gasteiger charge is -2.20. The fourth-order valence-electron chi connectivity index (χ4n) is 2.37. The molecule has 0 radical (unpaired) electrons. The maximum atomic E-state index is 10.6. The SMILES string of the molecule is Nc1nc(N)c2ncn([C@H]3C[C@H](O)[C@@H](COP(=O)([O-])O)O3)c2n1. The van der Waals surface area contributed by atoms with Crippen molar-refractivity contribution in [3.8, 4) is 0 Å². The number of hydrogen-bond donors (Lipinski definition) is 4. The molecule has 1 unspecified atom stereocenters. The van der Waals surface area contributed by atoms with Crippen LogP contribution in [0.3, 0.4) is 0 Å². The number of nitrogens with zero attached hydrogens (tertiary/aromatic N) is 4. The molecule has 1 aliphatic rings. The molecule has 3 heterocycles. The van der Waals surface area contributed by atoms with Gasteiger partial charge in [0.2, 0.25) is 5.95 Å². The van der Waals surface area contributed by atoms with E-state index in [9.17, 15) is 14.6 Å². The van der Waals surface area contributed by atoms with Gasteiger partial charge in [0.05, 0.1) is 19.0 Å². The van der Waals surface area contributed by atoms with Gasteiger partial charge >= 0.3 is 0 Å². The normalized spacial score (nSPS) is 27.3. The lowest BCUT2D eigenvalue weighted by molar-refractivity contribution is -0.222. The highest BCUT2D eigenvalue weighted by Gasteiger charge is 2.36. The number of fused-ring (bicyclic) bond motifs is 1. The number of aromatic nitrogens is 4. The molecular weight excluding hydrogens is 331 g/mol. The Morgan fingerprint density at radius 2 is 2.26 bits per heavy atom. The number of hydrogen-bond acceptors (Lipinski definition) is 10. The monoisotopic (exact) mass is 345 g/mol. The van der Waals surface area contributed by atoms with Gasteiger partial charge in [0.25, 0.3) is 7.82 Å². The molecule has 126 valence electrons. The number of rotatable bonds is 4. The standard InChI is InChI=1S/C10H15N6O6P/c11-8-7-9(15-10(12)14-8)16(3-13-7)6-1-4(17)5(22-6)2-21-23(18,19)20/h3-6,17H,1-2H2,(H2,18,19,20)(H4,11,12,14,15)/p-1/t4-,5+,6+/m0/s1. The van der Waals surface area contributed by atoms with Gasteiger partial charge in [-0.15, -0.1) is 0 Å². The Bertz CT molecular complexity index is 777. The number of aliphatic hydroxyl groups excluding tert-OH is 1. The van der Waals surface area contributed by atoms with Crippen molar-refractivity contribution >= 4 is 30.8 Å². The predicted octanol–water partition coefficient (Wildman–Crippen LogP) is -1.88. The van der Waals surface area contributed by atoms with Gasteiger partial charge in [0, 0.05) is 6.42 Å². The fourth-order valence-corrected chi connectivity index (χ4v) is 2.71. The van der Waals surface area contributed by atoms with Gasteiger partial charge < -0.3 is 35.6 Å². The molecule has 0 saturated carbocycles. The molecule has 4 atom stereocenters. The van der Waals surface area contributed by atoms with Crippen LogP contribution >= 0.6 is 7.82 Å². The van der Waals surface area contributed by atoms with Gasteiger partial charge in [-0.25, -0.2) is 4.98 Å². The molecule has 0 amide bonds. The summed E-state index contributed by atoms with van der Waals surface area (Å²) in [5.74, 6) is 0.0694. The van der Waals surface area contributed by atoms with Gasteiger partial charge in [-0.3, -0.25) is 9.13 Å². The van der Waals surface area contributed by atoms with Crippen molar-refractivity contribution in [2.24, 2.45) is 0 Å². The average molecular weight is 345 g/mol. The zero-order chi connectivity index (χ0) is 16.8. The molecule has 6 N–H and O–H groups in total. The topological polar surface area (TPSA) is 195 Å². The summed E-state index contributed by atoms with van der Waals surface area (Å²) in [6.45, 7) is -0.513. The van der Waals surface area contributed by atoms with E-state index in [0.29, 0.717) is 11.2 Å². The molecule has 0 aliphatic carbocycles. The Morgan fingerprint density at radius 3 is 2.96 bits per heavy atom. The van der Waals surface area contributed by atoms with Crippen LogP contribution in [-0.4, -0.2) is 48.3 Å². The smallest absolute Gasteiger partial charge is 0.265 e. The van der Waals surface area contributed by atoms with E-state index in [2.05, 4.69) is 19.5 Å². The van der Waals surface area contributed by atoms with E-state index in [1.165, 1.54) is 10.9 Å². The Labute approximate surface area is 129 Å². The Balaban J connectivity index is 1.82. The van der Waals surface area contributed by atoms with Gasteiger partial charge in [-0.05, 0) is 0 Å². The van der Waals surface area contributed by atoms with Gasteiger partial charge in [0.15, 0.2) is 11.5 Å². The number of anilines is 2. The van der Waals surface area contributed by atoms with Crippen molar-refractivity contribution in [3.63, 3.8) is 0 Å². The molecule has 2 aromatic heterocycles. The third kappa shape index (κ3) is 3.27. The fraction of sp³-hybridized carbons (Fsp3) is 0.500. The summed E-state index contributed by atoms with van der Waals surface area (Å²) < 4.78 is 21.9. The van der Waals surface area contributed by atoms with E-state index in [1.807, 2.05) is 0 Å². The summed E-state index contributed by atoms with van der Waals surface area (Å²) in [5, 5.41) is 9.94. The maximum absolute atomic E-state index is 10.6. The summed E-state index contributed by atoms with van der Waals surface area (Å²) in [5.41, 5.74) is 11.9. The van der Waals surface area contributed by atoms with Crippen molar-refractivity contribution in [1.82, 2.24) is 19.5 Å². The zero-order valence-corrected chi connectivity index (χ0v) is 12.5. The minimum absolute atomic E-state index is 0.0391. The number of nitrogen functional groups attached to an aromatic ring is 2. The molecule has 13 heteroatoms. The van der Waals surface area contributed by atoms with Crippen molar-refractivity contribution in [2.45, 2.75) is 24.9 Å². The first-order chi connectivity index (χ1) is 10.7. The Hall–Kier alpha value is -1.82. The van der Waals surface area contributed by atoms with Crippen LogP contribution in [0.15, 0.2) is 6.33 Å². The van der Waals surface area contributed by atoms with Crippen LogP contribution in [0.5, 0.6) is 0 Å². The number of ether oxygens (including phenoxy) is 1. The lowest BCUT2D eigenvalue weighted by Crippen LogP contribution is -2.26. The first-order valence-corrected chi connectivity index (χ1v) is 8.01. The molecule has 1 saturated heterocycles. The second kappa shape index (κ2) is 5.67. The molecule has 23 heavy (non-hydrogen) atoms. The summed E-state index contributed by atoms with van der Waals surface area (Å²) >= 11 is 0. The highest BCUT2D eigenvalue weighted by molar-refractivity contribution is 7.44. The average Bonchev–Trinajstić information content (AvgIpc) is 2.99. The number of phosphoric acid groups is 1. The van der Waals surface area contributed by atoms with E-state index in [4.69, 9.17) is 21.1 Å². The predicted molar refractivity (Wildman–Crippen MR) is 74.5 cm³/mol. The van der Waals surface area contributed by atoms with Crippen molar-refractivity contribution < 1.29 is 28.7 Å². The first-order valence-electron chi connectivity index (χ1n) is 6.52. The van der Waals surface area contributed by atoms with Gasteiger partial charge in [-0.1, -0.05) is 0 Å². The quantitative estimate of drug-likeness (QED) is 0.452. The molecule has 0 spiro atoms. The molecule has 0 aromatic carbocycles. The van der Waals surface area contributed by atoms with Crippen LogP contribution in [0.1, 0.15) is 12.6 Å². The van der Waals surface area contributed by atoms with Crippen molar-refractivity contribution in [3.05, 3.63) is 6.33 Å². The first kappa shape index (κ1) is 16.1. The molecule has 2 aromatic rings. The zero-order valence-electron chi connectivity index (χ0n) is 11.6. The largest absolute Gasteiger partial charge is 0.756 e. The Kier molecular flexibility index (Phi) is 3.96. The number of nitrogens with two attached hydrogens (primary N) is 2. The van der Waals surface area contributed by atoms with E-state index in [-0.39, 0.29) is 18.2 Å². The van der Waals surface area contributed by atoms with Crippen LogP contribution in [0.2, 0.25) is 0 Å². The van der Waals surface area contributed by atoms with Crippen LogP contribution in [0.25, 0.3) is 11.2 Å². The summed E-state index contributed by atoms with van der Waals surface area (Å²) in [6, 6.07) is 0.